The van der Waals surface area contributed by atoms with E-state index in [1.54, 1.807) is 24.3 Å². The predicted molar refractivity (Wildman–Crippen MR) is 171 cm³/mol. The fourth-order valence-electron chi connectivity index (χ4n) is 4.36. The van der Waals surface area contributed by atoms with Crippen molar-refractivity contribution < 1.29 is 21.5 Å². The molecule has 0 amide bonds. The number of aryl methyl sites for hydroxylation is 3. The van der Waals surface area contributed by atoms with Gasteiger partial charge in [-0.3, -0.25) is 0 Å². The standard InChI is InChI=1S/C35H42O5S2/c1-25-10-16-28(17-11-25)41(29-18-12-26(2)13-19-29,40-42(36,37)30-20-14-27(3)15-21-30)31-22-23-32(38-34(4,5)6)33(24-31)39-35(7,8)9/h10-24H,1-9H3. The molecule has 0 saturated carbocycles. The third-order valence-electron chi connectivity index (χ3n) is 6.29. The normalized spacial score (nSPS) is 13.1. The van der Waals surface area contributed by atoms with Crippen molar-refractivity contribution in [3.8, 4) is 11.5 Å². The van der Waals surface area contributed by atoms with Gasteiger partial charge in [-0.25, -0.2) is 3.63 Å². The Morgan fingerprint density at radius 2 is 0.833 bits per heavy atom. The molecule has 224 valence electrons. The van der Waals surface area contributed by atoms with Crippen LogP contribution in [0.2, 0.25) is 0 Å². The summed E-state index contributed by atoms with van der Waals surface area (Å²) in [6.07, 6.45) is 0. The Morgan fingerprint density at radius 1 is 0.476 bits per heavy atom. The highest BCUT2D eigenvalue weighted by Crippen LogP contribution is 2.71. The fourth-order valence-corrected chi connectivity index (χ4v) is 9.54. The molecule has 4 aromatic carbocycles. The molecule has 4 aromatic rings. The van der Waals surface area contributed by atoms with Crippen LogP contribution in [-0.4, -0.2) is 19.6 Å². The van der Waals surface area contributed by atoms with E-state index >= 15 is 0 Å². The second kappa shape index (κ2) is 11.8. The van der Waals surface area contributed by atoms with Gasteiger partial charge in [0.25, 0.3) is 0 Å². The monoisotopic (exact) mass is 606 g/mol. The molecular formula is C35H42O5S2. The number of ether oxygens (including phenoxy) is 2. The molecule has 0 spiro atoms. The van der Waals surface area contributed by atoms with Crippen LogP contribution >= 0.6 is 10.3 Å². The minimum absolute atomic E-state index is 0.100. The van der Waals surface area contributed by atoms with Gasteiger partial charge in [0.15, 0.2) is 11.5 Å². The Balaban J connectivity index is 2.07. The van der Waals surface area contributed by atoms with E-state index in [0.29, 0.717) is 16.4 Å². The van der Waals surface area contributed by atoms with Crippen LogP contribution in [0.5, 0.6) is 11.5 Å². The highest BCUT2D eigenvalue weighted by atomic mass is 32.3. The lowest BCUT2D eigenvalue weighted by molar-refractivity contribution is 0.0954. The zero-order valence-corrected chi connectivity index (χ0v) is 27.7. The molecule has 7 heteroatoms. The van der Waals surface area contributed by atoms with Crippen molar-refractivity contribution in [3.63, 3.8) is 0 Å². The summed E-state index contributed by atoms with van der Waals surface area (Å²) in [6.45, 7) is 17.8. The lowest BCUT2D eigenvalue weighted by Gasteiger charge is -2.40. The summed E-state index contributed by atoms with van der Waals surface area (Å²) in [5, 5.41) is 0. The van der Waals surface area contributed by atoms with Gasteiger partial charge < -0.3 is 9.47 Å². The van der Waals surface area contributed by atoms with Gasteiger partial charge in [0, 0.05) is 14.7 Å². The van der Waals surface area contributed by atoms with Crippen LogP contribution in [0.1, 0.15) is 58.2 Å². The Bertz CT molecular complexity index is 1580. The Hall–Kier alpha value is -3.26. The maximum atomic E-state index is 14.1. The molecule has 0 unspecified atom stereocenters. The molecule has 0 aromatic heterocycles. The molecule has 0 atom stereocenters. The summed E-state index contributed by atoms with van der Waals surface area (Å²) in [7, 11) is -7.07. The maximum absolute atomic E-state index is 14.1. The SMILES string of the molecule is Cc1ccc(S(OS(=O)(=O)c2ccc(C)cc2)(c2ccc(C)cc2)c2ccc(OC(C)(C)C)c(OC(C)(C)C)c2)cc1. The van der Waals surface area contributed by atoms with Crippen molar-refractivity contribution >= 4 is 20.4 Å². The van der Waals surface area contributed by atoms with Crippen molar-refractivity contribution in [2.24, 2.45) is 0 Å². The molecule has 0 N–H and O–H groups in total. The predicted octanol–water partition coefficient (Wildman–Crippen LogP) is 9.57. The van der Waals surface area contributed by atoms with Gasteiger partial charge in [0.1, 0.15) is 11.2 Å². The van der Waals surface area contributed by atoms with Crippen LogP contribution in [0, 0.1) is 20.8 Å². The Morgan fingerprint density at radius 3 is 1.24 bits per heavy atom. The van der Waals surface area contributed by atoms with Crippen molar-refractivity contribution in [1.29, 1.82) is 0 Å². The number of rotatable bonds is 8. The Labute approximate surface area is 253 Å². The smallest absolute Gasteiger partial charge is 0.307 e. The van der Waals surface area contributed by atoms with E-state index in [9.17, 15) is 8.42 Å². The maximum Gasteiger partial charge on any atom is 0.307 e. The highest BCUT2D eigenvalue weighted by Gasteiger charge is 2.39. The first-order chi connectivity index (χ1) is 19.5. The van der Waals surface area contributed by atoms with Gasteiger partial charge in [-0.2, -0.15) is 8.42 Å². The highest BCUT2D eigenvalue weighted by molar-refractivity contribution is 8.33. The van der Waals surface area contributed by atoms with E-state index < -0.39 is 31.6 Å². The van der Waals surface area contributed by atoms with Crippen LogP contribution in [0.15, 0.2) is 111 Å². The first kappa shape index (κ1) is 31.7. The summed E-state index contributed by atoms with van der Waals surface area (Å²) in [5.74, 6) is 1.09. The van der Waals surface area contributed by atoms with E-state index in [1.807, 2.05) is 129 Å². The quantitative estimate of drug-likeness (QED) is 0.200. The van der Waals surface area contributed by atoms with E-state index in [0.717, 1.165) is 26.5 Å². The van der Waals surface area contributed by atoms with Gasteiger partial charge in [0.2, 0.25) is 0 Å². The van der Waals surface area contributed by atoms with Crippen LogP contribution in [0.25, 0.3) is 0 Å². The van der Waals surface area contributed by atoms with Crippen LogP contribution in [0.3, 0.4) is 0 Å². The van der Waals surface area contributed by atoms with Gasteiger partial charge in [-0.15, -0.1) is 0 Å². The van der Waals surface area contributed by atoms with Crippen molar-refractivity contribution in [3.05, 3.63) is 108 Å². The third kappa shape index (κ3) is 7.38. The number of hydrogen-bond acceptors (Lipinski definition) is 5. The molecule has 0 aliphatic rings. The molecular weight excluding hydrogens is 565 g/mol. The largest absolute Gasteiger partial charge is 0.484 e. The van der Waals surface area contributed by atoms with Gasteiger partial charge >= 0.3 is 10.1 Å². The van der Waals surface area contributed by atoms with Crippen LogP contribution < -0.4 is 9.47 Å². The molecule has 0 aliphatic carbocycles. The third-order valence-corrected chi connectivity index (χ3v) is 11.5. The molecule has 0 radical (unpaired) electrons. The summed E-state index contributed by atoms with van der Waals surface area (Å²) in [6, 6.07) is 28.1. The van der Waals surface area contributed by atoms with E-state index in [1.165, 1.54) is 0 Å². The number of hydrogen-bond donors (Lipinski definition) is 0. The molecule has 0 heterocycles. The Kier molecular flexibility index (Phi) is 8.89. The average Bonchev–Trinajstić information content (AvgIpc) is 2.88. The molecule has 42 heavy (non-hydrogen) atoms. The van der Waals surface area contributed by atoms with Gasteiger partial charge in [-0.1, -0.05) is 53.1 Å². The molecule has 0 fully saturated rings. The van der Waals surface area contributed by atoms with Crippen LogP contribution in [0.4, 0.5) is 0 Å². The van der Waals surface area contributed by atoms with E-state index in [-0.39, 0.29) is 4.90 Å². The minimum atomic E-state index is -4.22. The minimum Gasteiger partial charge on any atom is -0.484 e. The first-order valence-corrected chi connectivity index (χ1v) is 17.0. The molecule has 4 rings (SSSR count). The van der Waals surface area contributed by atoms with Gasteiger partial charge in [-0.05, 0) is 127 Å². The summed E-state index contributed by atoms with van der Waals surface area (Å²) in [5.41, 5.74) is 2.07. The average molecular weight is 607 g/mol. The molecule has 0 saturated heterocycles. The van der Waals surface area contributed by atoms with Gasteiger partial charge in [0.05, 0.1) is 4.90 Å². The molecule has 0 bridgehead atoms. The zero-order chi connectivity index (χ0) is 30.9. The fraction of sp³-hybridized carbons (Fsp3) is 0.314. The van der Waals surface area contributed by atoms with E-state index in [4.69, 9.17) is 13.1 Å². The first-order valence-electron chi connectivity index (χ1n) is 14.0. The number of benzene rings is 4. The lowest BCUT2D eigenvalue weighted by atomic mass is 10.1. The van der Waals surface area contributed by atoms with Crippen molar-refractivity contribution in [2.45, 2.75) is 93.1 Å². The molecule has 5 nitrogen and oxygen atoms in total. The topological polar surface area (TPSA) is 61.8 Å². The lowest BCUT2D eigenvalue weighted by Crippen LogP contribution is -2.26. The summed E-state index contributed by atoms with van der Waals surface area (Å²) in [4.78, 5) is 2.27. The second-order valence-electron chi connectivity index (χ2n) is 12.6. The van der Waals surface area contributed by atoms with E-state index in [2.05, 4.69) is 0 Å². The molecule has 0 aliphatic heterocycles. The summed E-state index contributed by atoms with van der Waals surface area (Å²) < 4.78 is 47.6. The van der Waals surface area contributed by atoms with Crippen molar-refractivity contribution in [2.75, 3.05) is 0 Å². The second-order valence-corrected chi connectivity index (χ2v) is 17.0. The summed E-state index contributed by atoms with van der Waals surface area (Å²) >= 11 is 0. The zero-order valence-electron chi connectivity index (χ0n) is 26.0. The van der Waals surface area contributed by atoms with Crippen LogP contribution in [-0.2, 0) is 13.7 Å². The van der Waals surface area contributed by atoms with Crippen molar-refractivity contribution in [1.82, 2.24) is 0 Å².